The third-order valence-corrected chi connectivity index (χ3v) is 2.43. The van der Waals surface area contributed by atoms with Crippen LogP contribution in [-0.4, -0.2) is 23.9 Å². The van der Waals surface area contributed by atoms with Crippen molar-refractivity contribution in [2.24, 2.45) is 0 Å². The van der Waals surface area contributed by atoms with Gasteiger partial charge in [0.1, 0.15) is 5.54 Å². The van der Waals surface area contributed by atoms with Crippen molar-refractivity contribution in [1.29, 1.82) is 0 Å². The van der Waals surface area contributed by atoms with Crippen molar-refractivity contribution in [3.05, 3.63) is 0 Å². The molecule has 0 unspecified atom stereocenters. The topological polar surface area (TPSA) is 58.2 Å². The minimum absolute atomic E-state index is 0.00190. The summed E-state index contributed by atoms with van der Waals surface area (Å²) in [6, 6.07) is 0. The van der Waals surface area contributed by atoms with Gasteiger partial charge in [0.05, 0.1) is 0 Å². The Kier molecular flexibility index (Phi) is 1.19. The third-order valence-electron chi connectivity index (χ3n) is 2.43. The minimum atomic E-state index is -0.531. The van der Waals surface area contributed by atoms with Crippen molar-refractivity contribution in [3.8, 4) is 0 Å². The van der Waals surface area contributed by atoms with Gasteiger partial charge in [0.25, 0.3) is 0 Å². The molecule has 2 saturated heterocycles. The standard InChI is InChI=1S/C7H10N2O2/c10-5-1-2-7(9-5)3-4-8-6(7)11/h1-4H2,(H,8,11)(H,9,10)/t7-/m0/s1. The largest absolute Gasteiger partial charge is 0.354 e. The molecule has 1 atom stereocenters. The molecule has 0 aromatic rings. The quantitative estimate of drug-likeness (QED) is 0.477. The summed E-state index contributed by atoms with van der Waals surface area (Å²) in [5, 5.41) is 5.45. The fourth-order valence-electron chi connectivity index (χ4n) is 1.75. The van der Waals surface area contributed by atoms with Crippen LogP contribution in [0.25, 0.3) is 0 Å². The van der Waals surface area contributed by atoms with E-state index in [4.69, 9.17) is 0 Å². The monoisotopic (exact) mass is 154 g/mol. The van der Waals surface area contributed by atoms with Crippen molar-refractivity contribution in [2.75, 3.05) is 6.54 Å². The molecule has 0 radical (unpaired) electrons. The highest BCUT2D eigenvalue weighted by Gasteiger charge is 2.47. The van der Waals surface area contributed by atoms with Gasteiger partial charge in [-0.2, -0.15) is 0 Å². The maximum absolute atomic E-state index is 11.2. The van der Waals surface area contributed by atoms with Crippen LogP contribution in [0.15, 0.2) is 0 Å². The molecule has 2 aliphatic rings. The Morgan fingerprint density at radius 2 is 2.09 bits per heavy atom. The number of nitrogens with one attached hydrogen (secondary N) is 2. The average Bonchev–Trinajstić information content (AvgIpc) is 2.46. The summed E-state index contributed by atoms with van der Waals surface area (Å²) in [7, 11) is 0. The number of hydrogen-bond donors (Lipinski definition) is 2. The lowest BCUT2D eigenvalue weighted by Crippen LogP contribution is -2.47. The van der Waals surface area contributed by atoms with Gasteiger partial charge in [-0.05, 0) is 12.8 Å². The van der Waals surface area contributed by atoms with Crippen molar-refractivity contribution in [2.45, 2.75) is 24.8 Å². The molecule has 2 heterocycles. The Balaban J connectivity index is 2.22. The molecule has 0 aliphatic carbocycles. The van der Waals surface area contributed by atoms with Gasteiger partial charge in [-0.3, -0.25) is 9.59 Å². The highest BCUT2D eigenvalue weighted by Crippen LogP contribution is 2.26. The van der Waals surface area contributed by atoms with Crippen molar-refractivity contribution < 1.29 is 9.59 Å². The average molecular weight is 154 g/mol. The molecule has 11 heavy (non-hydrogen) atoms. The molecule has 60 valence electrons. The van der Waals surface area contributed by atoms with E-state index in [0.29, 0.717) is 19.4 Å². The predicted octanol–water partition coefficient (Wildman–Crippen LogP) is -0.845. The molecule has 0 aromatic heterocycles. The predicted molar refractivity (Wildman–Crippen MR) is 37.7 cm³/mol. The van der Waals surface area contributed by atoms with Crippen LogP contribution in [0.1, 0.15) is 19.3 Å². The summed E-state index contributed by atoms with van der Waals surface area (Å²) in [5.41, 5.74) is -0.531. The van der Waals surface area contributed by atoms with E-state index in [1.54, 1.807) is 0 Å². The van der Waals surface area contributed by atoms with Crippen molar-refractivity contribution in [3.63, 3.8) is 0 Å². The van der Waals surface area contributed by atoms with Crippen molar-refractivity contribution >= 4 is 11.8 Å². The highest BCUT2D eigenvalue weighted by molar-refractivity contribution is 5.96. The van der Waals surface area contributed by atoms with Gasteiger partial charge in [-0.25, -0.2) is 0 Å². The molecule has 2 N–H and O–H groups in total. The maximum Gasteiger partial charge on any atom is 0.245 e. The molecular weight excluding hydrogens is 144 g/mol. The van der Waals surface area contributed by atoms with Crippen LogP contribution >= 0.6 is 0 Å². The number of rotatable bonds is 0. The van der Waals surface area contributed by atoms with E-state index in [2.05, 4.69) is 10.6 Å². The number of amides is 2. The molecule has 0 aromatic carbocycles. The van der Waals surface area contributed by atoms with Crippen LogP contribution in [0.5, 0.6) is 0 Å². The highest BCUT2D eigenvalue weighted by atomic mass is 16.2. The van der Waals surface area contributed by atoms with E-state index in [-0.39, 0.29) is 11.8 Å². The maximum atomic E-state index is 11.2. The lowest BCUT2D eigenvalue weighted by atomic mass is 9.96. The molecule has 2 fully saturated rings. The van der Waals surface area contributed by atoms with Gasteiger partial charge in [0, 0.05) is 13.0 Å². The SMILES string of the molecule is O=C1CC[C@@]2(CCNC2=O)N1. The van der Waals surface area contributed by atoms with Crippen LogP contribution < -0.4 is 10.6 Å². The van der Waals surface area contributed by atoms with Crippen molar-refractivity contribution in [1.82, 2.24) is 10.6 Å². The fourth-order valence-corrected chi connectivity index (χ4v) is 1.75. The molecule has 2 rings (SSSR count). The fraction of sp³-hybridized carbons (Fsp3) is 0.714. The lowest BCUT2D eigenvalue weighted by molar-refractivity contribution is -0.127. The van der Waals surface area contributed by atoms with Crippen LogP contribution in [-0.2, 0) is 9.59 Å². The summed E-state index contributed by atoms with van der Waals surface area (Å²) >= 11 is 0. The smallest absolute Gasteiger partial charge is 0.245 e. The molecule has 4 nitrogen and oxygen atoms in total. The number of hydrogen-bond acceptors (Lipinski definition) is 2. The second-order valence-corrected chi connectivity index (χ2v) is 3.14. The molecule has 0 saturated carbocycles. The Morgan fingerprint density at radius 1 is 1.27 bits per heavy atom. The Bertz CT molecular complexity index is 226. The minimum Gasteiger partial charge on any atom is -0.354 e. The van der Waals surface area contributed by atoms with Crippen LogP contribution in [0.3, 0.4) is 0 Å². The van der Waals surface area contributed by atoms with Gasteiger partial charge >= 0.3 is 0 Å². The first-order chi connectivity index (χ1) is 5.23. The molecular formula is C7H10N2O2. The van der Waals surface area contributed by atoms with Crippen LogP contribution in [0, 0.1) is 0 Å². The number of carbonyl (C=O) groups is 2. The Labute approximate surface area is 64.3 Å². The first kappa shape index (κ1) is 6.64. The van der Waals surface area contributed by atoms with Crippen LogP contribution in [0.2, 0.25) is 0 Å². The Hall–Kier alpha value is -1.06. The normalized spacial score (nSPS) is 36.0. The summed E-state index contributed by atoms with van der Waals surface area (Å²) in [6.45, 7) is 0.694. The Morgan fingerprint density at radius 3 is 2.55 bits per heavy atom. The first-order valence-electron chi connectivity index (χ1n) is 3.82. The van der Waals surface area contributed by atoms with Gasteiger partial charge in [0.15, 0.2) is 0 Å². The van der Waals surface area contributed by atoms with Gasteiger partial charge in [-0.15, -0.1) is 0 Å². The summed E-state index contributed by atoms with van der Waals surface area (Å²) in [4.78, 5) is 22.1. The first-order valence-corrected chi connectivity index (χ1v) is 3.82. The number of carbonyl (C=O) groups excluding carboxylic acids is 2. The summed E-state index contributed by atoms with van der Waals surface area (Å²) in [6.07, 6.45) is 1.91. The third kappa shape index (κ3) is 0.818. The van der Waals surface area contributed by atoms with Gasteiger partial charge in [0.2, 0.25) is 11.8 Å². The summed E-state index contributed by atoms with van der Waals surface area (Å²) < 4.78 is 0. The van der Waals surface area contributed by atoms with E-state index in [9.17, 15) is 9.59 Å². The zero-order valence-electron chi connectivity index (χ0n) is 6.14. The molecule has 1 spiro atoms. The zero-order chi connectivity index (χ0) is 7.90. The second-order valence-electron chi connectivity index (χ2n) is 3.14. The van der Waals surface area contributed by atoms with E-state index < -0.39 is 5.54 Å². The molecule has 0 bridgehead atoms. The lowest BCUT2D eigenvalue weighted by Gasteiger charge is -2.18. The van der Waals surface area contributed by atoms with E-state index >= 15 is 0 Å². The van der Waals surface area contributed by atoms with Gasteiger partial charge < -0.3 is 10.6 Å². The van der Waals surface area contributed by atoms with Gasteiger partial charge in [-0.1, -0.05) is 0 Å². The second kappa shape index (κ2) is 1.96. The van der Waals surface area contributed by atoms with E-state index in [0.717, 1.165) is 6.42 Å². The molecule has 2 amide bonds. The molecule has 4 heteroatoms. The summed E-state index contributed by atoms with van der Waals surface area (Å²) in [5.74, 6) is -0.00889. The van der Waals surface area contributed by atoms with E-state index in [1.165, 1.54) is 0 Å². The van der Waals surface area contributed by atoms with Crippen LogP contribution in [0.4, 0.5) is 0 Å². The van der Waals surface area contributed by atoms with E-state index in [1.807, 2.05) is 0 Å². The zero-order valence-corrected chi connectivity index (χ0v) is 6.14. The molecule has 2 aliphatic heterocycles.